The monoisotopic (exact) mass is 420 g/mol. The van der Waals surface area contributed by atoms with Gasteiger partial charge in [0.05, 0.1) is 22.3 Å². The third-order valence-electron chi connectivity index (χ3n) is 4.38. The maximum atomic E-state index is 12.7. The molecule has 3 heterocycles. The topological polar surface area (TPSA) is 75.1 Å². The average Bonchev–Trinajstić information content (AvgIpc) is 3.25. The van der Waals surface area contributed by atoms with Crippen LogP contribution in [0.5, 0.6) is 5.75 Å². The van der Waals surface area contributed by atoms with E-state index in [4.69, 9.17) is 10.6 Å². The van der Waals surface area contributed by atoms with Crippen LogP contribution in [0.15, 0.2) is 52.8 Å². The summed E-state index contributed by atoms with van der Waals surface area (Å²) in [6.45, 7) is 1.73. The Morgan fingerprint density at radius 3 is 2.69 bits per heavy atom. The normalized spacial score (nSPS) is 11.9. The first-order chi connectivity index (χ1) is 13.7. The Balaban J connectivity index is 1.54. The molecule has 0 aliphatic heterocycles. The number of nitrogens with two attached hydrogens (primary N) is 1. The number of rotatable bonds is 4. The minimum absolute atomic E-state index is 0.0538. The van der Waals surface area contributed by atoms with Crippen LogP contribution in [0.4, 0.5) is 13.2 Å². The summed E-state index contributed by atoms with van der Waals surface area (Å²) in [5.74, 6) is 6.87. The number of thiophene rings is 1. The SMILES string of the molecule is Cc1nc2ccc(-n3ccc(OCc4cc(C(F)(F)F)cs4)cc3=O)cc2n1N. The molecular formula is C19H15F3N4O2S. The molecule has 0 spiro atoms. The number of imidazole rings is 1. The highest BCUT2D eigenvalue weighted by Crippen LogP contribution is 2.32. The Kier molecular flexibility index (Phi) is 4.58. The maximum absolute atomic E-state index is 12.7. The summed E-state index contributed by atoms with van der Waals surface area (Å²) in [6, 6.07) is 9.18. The van der Waals surface area contributed by atoms with Crippen molar-refractivity contribution in [3.8, 4) is 11.4 Å². The van der Waals surface area contributed by atoms with Gasteiger partial charge >= 0.3 is 6.18 Å². The van der Waals surface area contributed by atoms with Crippen molar-refractivity contribution in [1.29, 1.82) is 0 Å². The molecule has 3 aromatic heterocycles. The van der Waals surface area contributed by atoms with E-state index in [1.807, 2.05) is 0 Å². The highest BCUT2D eigenvalue weighted by atomic mass is 32.1. The molecular weight excluding hydrogens is 405 g/mol. The molecule has 0 saturated heterocycles. The lowest BCUT2D eigenvalue weighted by Gasteiger charge is -2.09. The number of hydrogen-bond donors (Lipinski definition) is 1. The van der Waals surface area contributed by atoms with E-state index in [1.165, 1.54) is 15.3 Å². The van der Waals surface area contributed by atoms with E-state index in [1.54, 1.807) is 37.4 Å². The predicted molar refractivity (Wildman–Crippen MR) is 104 cm³/mol. The molecule has 0 radical (unpaired) electrons. The first-order valence-electron chi connectivity index (χ1n) is 8.47. The van der Waals surface area contributed by atoms with Crippen LogP contribution in [-0.2, 0) is 12.8 Å². The maximum Gasteiger partial charge on any atom is 0.417 e. The van der Waals surface area contributed by atoms with Gasteiger partial charge in [-0.3, -0.25) is 9.36 Å². The number of fused-ring (bicyclic) bond motifs is 1. The van der Waals surface area contributed by atoms with E-state index in [2.05, 4.69) is 4.98 Å². The molecule has 0 saturated carbocycles. The fourth-order valence-corrected chi connectivity index (χ4v) is 3.68. The van der Waals surface area contributed by atoms with Gasteiger partial charge in [0.15, 0.2) is 0 Å². The fourth-order valence-electron chi connectivity index (χ4n) is 2.88. The second-order valence-electron chi connectivity index (χ2n) is 6.36. The summed E-state index contributed by atoms with van der Waals surface area (Å²) >= 11 is 0.956. The number of pyridine rings is 1. The molecule has 6 nitrogen and oxygen atoms in total. The summed E-state index contributed by atoms with van der Waals surface area (Å²) in [7, 11) is 0. The molecule has 4 rings (SSSR count). The third kappa shape index (κ3) is 3.70. The van der Waals surface area contributed by atoms with Gasteiger partial charge in [-0.15, -0.1) is 11.3 Å². The molecule has 0 fully saturated rings. The molecule has 150 valence electrons. The Morgan fingerprint density at radius 2 is 2.00 bits per heavy atom. The number of aryl methyl sites for hydroxylation is 1. The molecule has 10 heteroatoms. The van der Waals surface area contributed by atoms with Crippen molar-refractivity contribution in [2.75, 3.05) is 5.84 Å². The number of hydrogen-bond acceptors (Lipinski definition) is 5. The van der Waals surface area contributed by atoms with E-state index in [0.29, 0.717) is 21.9 Å². The smallest absolute Gasteiger partial charge is 0.417 e. The summed E-state index contributed by atoms with van der Waals surface area (Å²) in [6.07, 6.45) is -2.84. The first kappa shape index (κ1) is 19.1. The van der Waals surface area contributed by atoms with Crippen molar-refractivity contribution in [3.63, 3.8) is 0 Å². The van der Waals surface area contributed by atoms with Crippen molar-refractivity contribution < 1.29 is 17.9 Å². The lowest BCUT2D eigenvalue weighted by Crippen LogP contribution is -2.17. The molecule has 4 aromatic rings. The van der Waals surface area contributed by atoms with Gasteiger partial charge in [-0.2, -0.15) is 13.2 Å². The van der Waals surface area contributed by atoms with E-state index in [9.17, 15) is 18.0 Å². The summed E-state index contributed by atoms with van der Waals surface area (Å²) in [4.78, 5) is 17.2. The third-order valence-corrected chi connectivity index (χ3v) is 5.29. The van der Waals surface area contributed by atoms with E-state index in [0.717, 1.165) is 28.3 Å². The highest BCUT2D eigenvalue weighted by Gasteiger charge is 2.31. The standard InChI is InChI=1S/C19H15F3N4O2S/c1-11-24-16-3-2-13(7-17(16)26(11)23)25-5-4-14(8-18(25)27)28-9-15-6-12(10-29-15)19(20,21)22/h2-8,10H,9,23H2,1H3. The summed E-state index contributed by atoms with van der Waals surface area (Å²) in [5, 5.41) is 1.04. The largest absolute Gasteiger partial charge is 0.488 e. The van der Waals surface area contributed by atoms with Gasteiger partial charge in [0.2, 0.25) is 0 Å². The molecule has 2 N–H and O–H groups in total. The Bertz CT molecular complexity index is 1260. The molecule has 0 aliphatic carbocycles. The lowest BCUT2D eigenvalue weighted by atomic mass is 10.2. The van der Waals surface area contributed by atoms with Crippen molar-refractivity contribution >= 4 is 22.4 Å². The average molecular weight is 420 g/mol. The van der Waals surface area contributed by atoms with Crippen LogP contribution in [0, 0.1) is 6.92 Å². The predicted octanol–water partition coefficient (Wildman–Crippen LogP) is 3.87. The van der Waals surface area contributed by atoms with Gasteiger partial charge in [0, 0.05) is 22.5 Å². The van der Waals surface area contributed by atoms with Crippen LogP contribution >= 0.6 is 11.3 Å². The van der Waals surface area contributed by atoms with Crippen molar-refractivity contribution in [2.24, 2.45) is 0 Å². The van der Waals surface area contributed by atoms with Gasteiger partial charge in [-0.1, -0.05) is 0 Å². The minimum Gasteiger partial charge on any atom is -0.488 e. The van der Waals surface area contributed by atoms with Gasteiger partial charge < -0.3 is 10.6 Å². The molecule has 0 unspecified atom stereocenters. The van der Waals surface area contributed by atoms with Crippen molar-refractivity contribution in [2.45, 2.75) is 19.7 Å². The second kappa shape index (κ2) is 6.96. The minimum atomic E-state index is -4.38. The molecule has 0 atom stereocenters. The molecule has 0 amide bonds. The Labute approximate surface area is 166 Å². The van der Waals surface area contributed by atoms with Gasteiger partial charge in [0.1, 0.15) is 18.2 Å². The number of benzene rings is 1. The van der Waals surface area contributed by atoms with Gasteiger partial charge in [-0.25, -0.2) is 9.66 Å². The van der Waals surface area contributed by atoms with Crippen LogP contribution in [0.25, 0.3) is 16.7 Å². The quantitative estimate of drug-likeness (QED) is 0.509. The zero-order valence-electron chi connectivity index (χ0n) is 15.1. The van der Waals surface area contributed by atoms with Crippen LogP contribution in [0.3, 0.4) is 0 Å². The number of halogens is 3. The van der Waals surface area contributed by atoms with E-state index < -0.39 is 11.7 Å². The molecule has 1 aromatic carbocycles. The van der Waals surface area contributed by atoms with Crippen LogP contribution in [0.2, 0.25) is 0 Å². The molecule has 29 heavy (non-hydrogen) atoms. The zero-order chi connectivity index (χ0) is 20.8. The molecule has 0 bridgehead atoms. The summed E-state index contributed by atoms with van der Waals surface area (Å²) < 4.78 is 46.3. The van der Waals surface area contributed by atoms with E-state index >= 15 is 0 Å². The Morgan fingerprint density at radius 1 is 1.21 bits per heavy atom. The zero-order valence-corrected chi connectivity index (χ0v) is 15.9. The van der Waals surface area contributed by atoms with E-state index in [-0.39, 0.29) is 17.9 Å². The van der Waals surface area contributed by atoms with Crippen LogP contribution in [0.1, 0.15) is 16.3 Å². The van der Waals surface area contributed by atoms with Gasteiger partial charge in [0.25, 0.3) is 5.56 Å². The van der Waals surface area contributed by atoms with Crippen LogP contribution in [-0.4, -0.2) is 14.2 Å². The number of alkyl halides is 3. The van der Waals surface area contributed by atoms with Crippen molar-refractivity contribution in [3.05, 3.63) is 74.6 Å². The number of aromatic nitrogens is 3. The van der Waals surface area contributed by atoms with Crippen molar-refractivity contribution in [1.82, 2.24) is 14.2 Å². The van der Waals surface area contributed by atoms with Gasteiger partial charge in [-0.05, 0) is 37.3 Å². The fraction of sp³-hybridized carbons (Fsp3) is 0.158. The second-order valence-corrected chi connectivity index (χ2v) is 7.36. The number of nitrogens with zero attached hydrogens (tertiary/aromatic N) is 3. The summed E-state index contributed by atoms with van der Waals surface area (Å²) in [5.41, 5.74) is 0.958. The Hall–Kier alpha value is -3.27. The first-order valence-corrected chi connectivity index (χ1v) is 9.35. The number of ether oxygens (including phenoxy) is 1. The highest BCUT2D eigenvalue weighted by molar-refractivity contribution is 7.10. The van der Waals surface area contributed by atoms with Crippen LogP contribution < -0.4 is 16.1 Å². The molecule has 0 aliphatic rings. The lowest BCUT2D eigenvalue weighted by molar-refractivity contribution is -0.137. The number of nitrogen functional groups attached to an aromatic ring is 1.